The summed E-state index contributed by atoms with van der Waals surface area (Å²) < 4.78 is 27.1. The van der Waals surface area contributed by atoms with Gasteiger partial charge in [-0.2, -0.15) is 0 Å². The van der Waals surface area contributed by atoms with Crippen LogP contribution in [0.3, 0.4) is 0 Å². The van der Waals surface area contributed by atoms with Crippen LogP contribution in [-0.2, 0) is 0 Å². The van der Waals surface area contributed by atoms with Crippen molar-refractivity contribution in [3.63, 3.8) is 0 Å². The Labute approximate surface area is 124 Å². The molecule has 6 heteroatoms. The molecule has 2 aromatic carbocycles. The topological polar surface area (TPSA) is 52.0 Å². The zero-order chi connectivity index (χ0) is 14.9. The third-order valence-electron chi connectivity index (χ3n) is 2.84. The molecule has 0 bridgehead atoms. The molecule has 0 radical (unpaired) electrons. The van der Waals surface area contributed by atoms with E-state index in [-0.39, 0.29) is 11.5 Å². The van der Waals surface area contributed by atoms with Crippen molar-refractivity contribution in [3.8, 4) is 0 Å². The highest BCUT2D eigenvalue weighted by Crippen LogP contribution is 2.41. The van der Waals surface area contributed by atoms with E-state index in [1.54, 1.807) is 26.0 Å². The van der Waals surface area contributed by atoms with Crippen molar-refractivity contribution in [1.82, 2.24) is 0 Å². The van der Waals surface area contributed by atoms with E-state index in [9.17, 15) is 8.78 Å². The maximum Gasteiger partial charge on any atom is 0.146 e. The molecule has 106 valence electrons. The summed E-state index contributed by atoms with van der Waals surface area (Å²) in [4.78, 5) is 1.24. The van der Waals surface area contributed by atoms with Crippen molar-refractivity contribution in [1.29, 1.82) is 0 Å². The van der Waals surface area contributed by atoms with E-state index < -0.39 is 5.82 Å². The Balaban J connectivity index is 2.21. The van der Waals surface area contributed by atoms with Gasteiger partial charge in [-0.05, 0) is 60.0 Å². The number of anilines is 2. The molecule has 0 unspecified atom stereocenters. The lowest BCUT2D eigenvalue weighted by atomic mass is 10.2. The second kappa shape index (κ2) is 5.93. The number of nitrogens with two attached hydrogens (primary N) is 2. The molecular formula is C14H14F2N2S2. The fourth-order valence-electron chi connectivity index (χ4n) is 1.58. The minimum Gasteiger partial charge on any atom is -0.398 e. The van der Waals surface area contributed by atoms with E-state index in [1.807, 2.05) is 0 Å². The lowest BCUT2D eigenvalue weighted by Gasteiger charge is -2.09. The fraction of sp³-hybridized carbons (Fsp3) is 0.143. The molecule has 0 spiro atoms. The quantitative estimate of drug-likeness (QED) is 0.645. The highest BCUT2D eigenvalue weighted by molar-refractivity contribution is 8.76. The van der Waals surface area contributed by atoms with Gasteiger partial charge in [0.1, 0.15) is 11.6 Å². The van der Waals surface area contributed by atoms with E-state index in [2.05, 4.69) is 0 Å². The smallest absolute Gasteiger partial charge is 0.146 e. The maximum absolute atomic E-state index is 13.8. The number of hydrogen-bond donors (Lipinski definition) is 2. The van der Waals surface area contributed by atoms with Gasteiger partial charge in [-0.25, -0.2) is 8.78 Å². The van der Waals surface area contributed by atoms with Crippen LogP contribution < -0.4 is 11.5 Å². The Bertz CT molecular complexity index is 603. The van der Waals surface area contributed by atoms with Crippen LogP contribution in [0.1, 0.15) is 11.1 Å². The van der Waals surface area contributed by atoms with Crippen LogP contribution in [0.5, 0.6) is 0 Å². The molecule has 0 atom stereocenters. The second-order valence-electron chi connectivity index (χ2n) is 4.45. The molecule has 2 rings (SSSR count). The average Bonchev–Trinajstić information content (AvgIpc) is 2.37. The summed E-state index contributed by atoms with van der Waals surface area (Å²) in [5.41, 5.74) is 13.4. The molecule has 0 saturated carbocycles. The van der Waals surface area contributed by atoms with Gasteiger partial charge < -0.3 is 11.5 Å². The van der Waals surface area contributed by atoms with Crippen molar-refractivity contribution in [2.24, 2.45) is 0 Å². The molecule has 0 heterocycles. The lowest BCUT2D eigenvalue weighted by Crippen LogP contribution is -1.93. The monoisotopic (exact) mass is 312 g/mol. The standard InChI is InChI=1S/C14H14F2N2S2/c1-7-3-10(16)14(5-11(7)17)20-19-13-6-12(18)9(15)4-8(13)2/h3-6H,17-18H2,1-2H3. The number of benzene rings is 2. The zero-order valence-corrected chi connectivity index (χ0v) is 12.7. The summed E-state index contributed by atoms with van der Waals surface area (Å²) in [7, 11) is 2.56. The number of nitrogen functional groups attached to an aromatic ring is 2. The van der Waals surface area contributed by atoms with Gasteiger partial charge in [-0.15, -0.1) is 0 Å². The summed E-state index contributed by atoms with van der Waals surface area (Å²) in [6, 6.07) is 5.94. The summed E-state index contributed by atoms with van der Waals surface area (Å²) in [6.45, 7) is 3.54. The molecule has 0 saturated heterocycles. The molecule has 2 nitrogen and oxygen atoms in total. The van der Waals surface area contributed by atoms with Gasteiger partial charge in [0.25, 0.3) is 0 Å². The molecule has 0 aliphatic heterocycles. The van der Waals surface area contributed by atoms with Crippen LogP contribution in [-0.4, -0.2) is 0 Å². The zero-order valence-electron chi connectivity index (χ0n) is 11.0. The minimum absolute atomic E-state index is 0.0857. The molecule has 0 aromatic heterocycles. The second-order valence-corrected chi connectivity index (χ2v) is 6.66. The highest BCUT2D eigenvalue weighted by Gasteiger charge is 2.10. The fourth-order valence-corrected chi connectivity index (χ4v) is 3.90. The van der Waals surface area contributed by atoms with Gasteiger partial charge in [-0.3, -0.25) is 0 Å². The third kappa shape index (κ3) is 3.19. The normalized spacial score (nSPS) is 10.8. The molecule has 0 fully saturated rings. The van der Waals surface area contributed by atoms with Gasteiger partial charge >= 0.3 is 0 Å². The van der Waals surface area contributed by atoms with Gasteiger partial charge in [0.15, 0.2) is 0 Å². The van der Waals surface area contributed by atoms with E-state index in [0.717, 1.165) is 10.5 Å². The first-order valence-electron chi connectivity index (χ1n) is 5.84. The largest absolute Gasteiger partial charge is 0.398 e. The third-order valence-corrected chi connectivity index (χ3v) is 5.36. The Morgan fingerprint density at radius 2 is 1.30 bits per heavy atom. The summed E-state index contributed by atoms with van der Waals surface area (Å²) >= 11 is 0. The Morgan fingerprint density at radius 1 is 0.750 bits per heavy atom. The molecule has 2 aromatic rings. The maximum atomic E-state index is 13.8. The average molecular weight is 312 g/mol. The van der Waals surface area contributed by atoms with E-state index in [1.165, 1.54) is 33.7 Å². The molecule has 0 aliphatic rings. The van der Waals surface area contributed by atoms with Crippen molar-refractivity contribution in [2.75, 3.05) is 11.5 Å². The first kappa shape index (κ1) is 15.0. The van der Waals surface area contributed by atoms with Crippen LogP contribution in [0.4, 0.5) is 20.2 Å². The molecule has 20 heavy (non-hydrogen) atoms. The van der Waals surface area contributed by atoms with E-state index in [0.29, 0.717) is 16.1 Å². The molecule has 4 N–H and O–H groups in total. The van der Waals surface area contributed by atoms with Crippen LogP contribution in [0, 0.1) is 25.5 Å². The predicted molar refractivity (Wildman–Crippen MR) is 82.8 cm³/mol. The summed E-state index contributed by atoms with van der Waals surface area (Å²) in [6.07, 6.45) is 0. The summed E-state index contributed by atoms with van der Waals surface area (Å²) in [5.74, 6) is -0.760. The number of aryl methyl sites for hydroxylation is 2. The Hall–Kier alpha value is -1.40. The first-order valence-corrected chi connectivity index (χ1v) is 7.99. The SMILES string of the molecule is Cc1cc(F)c(SSc2cc(N)c(F)cc2C)cc1N. The number of halogens is 2. The van der Waals surface area contributed by atoms with Crippen LogP contribution >= 0.6 is 21.6 Å². The summed E-state index contributed by atoms with van der Waals surface area (Å²) in [5, 5.41) is 0. The van der Waals surface area contributed by atoms with Gasteiger partial charge in [0.2, 0.25) is 0 Å². The van der Waals surface area contributed by atoms with Crippen LogP contribution in [0.15, 0.2) is 34.1 Å². The van der Waals surface area contributed by atoms with Crippen molar-refractivity contribution in [3.05, 3.63) is 47.0 Å². The van der Waals surface area contributed by atoms with Crippen molar-refractivity contribution in [2.45, 2.75) is 23.6 Å². The Morgan fingerprint density at radius 3 is 2.00 bits per heavy atom. The lowest BCUT2D eigenvalue weighted by molar-refractivity contribution is 0.601. The Kier molecular flexibility index (Phi) is 4.45. The highest BCUT2D eigenvalue weighted by atomic mass is 33.1. The molecule has 0 amide bonds. The van der Waals surface area contributed by atoms with E-state index >= 15 is 0 Å². The van der Waals surface area contributed by atoms with E-state index in [4.69, 9.17) is 11.5 Å². The van der Waals surface area contributed by atoms with Gasteiger partial charge in [0.05, 0.1) is 10.6 Å². The van der Waals surface area contributed by atoms with Gasteiger partial charge in [-0.1, -0.05) is 10.8 Å². The predicted octanol–water partition coefficient (Wildman–Crippen LogP) is 4.55. The van der Waals surface area contributed by atoms with Gasteiger partial charge in [0, 0.05) is 10.6 Å². The molecular weight excluding hydrogens is 298 g/mol. The molecule has 0 aliphatic carbocycles. The van der Waals surface area contributed by atoms with Crippen molar-refractivity contribution >= 4 is 33.0 Å². The van der Waals surface area contributed by atoms with Crippen molar-refractivity contribution < 1.29 is 8.78 Å². The van der Waals surface area contributed by atoms with Crippen LogP contribution in [0.2, 0.25) is 0 Å². The number of hydrogen-bond acceptors (Lipinski definition) is 4. The number of rotatable bonds is 3. The van der Waals surface area contributed by atoms with Crippen LogP contribution in [0.25, 0.3) is 0 Å². The first-order chi connectivity index (χ1) is 9.38. The minimum atomic E-state index is -0.442.